The van der Waals surface area contributed by atoms with Gasteiger partial charge < -0.3 is 15.4 Å². The van der Waals surface area contributed by atoms with Gasteiger partial charge in [-0.2, -0.15) is 4.98 Å². The van der Waals surface area contributed by atoms with E-state index in [-0.39, 0.29) is 0 Å². The molecule has 2 N–H and O–H groups in total. The van der Waals surface area contributed by atoms with Crippen LogP contribution in [0.25, 0.3) is 0 Å². The lowest BCUT2D eigenvalue weighted by Gasteiger charge is -2.37. The van der Waals surface area contributed by atoms with E-state index in [0.717, 1.165) is 31.7 Å². The van der Waals surface area contributed by atoms with Crippen LogP contribution in [-0.4, -0.2) is 31.2 Å². The van der Waals surface area contributed by atoms with Crippen LogP contribution in [0.2, 0.25) is 0 Å². The van der Waals surface area contributed by atoms with Crippen LogP contribution in [0.3, 0.4) is 0 Å². The molecule has 1 aliphatic rings. The average Bonchev–Trinajstić information content (AvgIpc) is 2.39. The molecule has 0 amide bonds. The van der Waals surface area contributed by atoms with Crippen LogP contribution < -0.4 is 15.4 Å². The third kappa shape index (κ3) is 2.69. The number of methoxy groups -OCH3 is 1. The number of pyridine rings is 1. The first-order chi connectivity index (χ1) is 8.24. The first-order valence-corrected chi connectivity index (χ1v) is 6.26. The molecule has 0 aromatic carbocycles. The van der Waals surface area contributed by atoms with Gasteiger partial charge in [-0.1, -0.05) is 19.4 Å². The minimum absolute atomic E-state index is 0.335. The molecule has 1 aromatic heterocycles. The molecule has 2 rings (SSSR count). The fourth-order valence-electron chi connectivity index (χ4n) is 2.38. The van der Waals surface area contributed by atoms with Crippen molar-refractivity contribution < 1.29 is 4.74 Å². The van der Waals surface area contributed by atoms with E-state index in [4.69, 9.17) is 10.5 Å². The van der Waals surface area contributed by atoms with Crippen LogP contribution in [0.4, 0.5) is 5.82 Å². The van der Waals surface area contributed by atoms with Gasteiger partial charge in [0, 0.05) is 25.2 Å². The summed E-state index contributed by atoms with van der Waals surface area (Å²) in [4.78, 5) is 6.78. The van der Waals surface area contributed by atoms with Gasteiger partial charge in [0.15, 0.2) is 0 Å². The third-order valence-electron chi connectivity index (χ3n) is 3.56. The van der Waals surface area contributed by atoms with Gasteiger partial charge in [0.2, 0.25) is 5.88 Å². The number of nitrogens with two attached hydrogens (primary N) is 1. The molecule has 0 spiro atoms. The summed E-state index contributed by atoms with van der Waals surface area (Å²) in [6.45, 7) is 4.18. The van der Waals surface area contributed by atoms with E-state index >= 15 is 0 Å². The van der Waals surface area contributed by atoms with E-state index in [1.165, 1.54) is 0 Å². The lowest BCUT2D eigenvalue weighted by Crippen LogP contribution is -2.47. The number of ether oxygens (including phenoxy) is 1. The summed E-state index contributed by atoms with van der Waals surface area (Å²) in [6, 6.07) is 6.22. The fourth-order valence-corrected chi connectivity index (χ4v) is 2.38. The SMILES string of the molecule is CCC1CN(c2cccc(OC)n2)CCC1N. The van der Waals surface area contributed by atoms with E-state index < -0.39 is 0 Å². The number of anilines is 1. The van der Waals surface area contributed by atoms with Crippen molar-refractivity contribution in [1.29, 1.82) is 0 Å². The summed E-state index contributed by atoms with van der Waals surface area (Å²) in [6.07, 6.45) is 2.17. The van der Waals surface area contributed by atoms with Crippen LogP contribution in [0.15, 0.2) is 18.2 Å². The van der Waals surface area contributed by atoms with Crippen molar-refractivity contribution in [2.75, 3.05) is 25.1 Å². The second-order valence-electron chi connectivity index (χ2n) is 4.61. The van der Waals surface area contributed by atoms with Crippen LogP contribution in [-0.2, 0) is 0 Å². The Morgan fingerprint density at radius 3 is 3.06 bits per heavy atom. The molecule has 0 saturated carbocycles. The zero-order chi connectivity index (χ0) is 12.3. The Morgan fingerprint density at radius 2 is 2.35 bits per heavy atom. The predicted octanol–water partition coefficient (Wildman–Crippen LogP) is 1.65. The molecule has 1 saturated heterocycles. The van der Waals surface area contributed by atoms with Crippen molar-refractivity contribution >= 4 is 5.82 Å². The molecule has 4 nitrogen and oxygen atoms in total. The molecule has 1 fully saturated rings. The van der Waals surface area contributed by atoms with Crippen molar-refractivity contribution in [3.8, 4) is 5.88 Å². The molecule has 4 heteroatoms. The van der Waals surface area contributed by atoms with Crippen LogP contribution in [0, 0.1) is 5.92 Å². The van der Waals surface area contributed by atoms with E-state index in [0.29, 0.717) is 17.8 Å². The predicted molar refractivity (Wildman–Crippen MR) is 69.4 cm³/mol. The van der Waals surface area contributed by atoms with E-state index in [1.54, 1.807) is 7.11 Å². The molecule has 0 bridgehead atoms. The van der Waals surface area contributed by atoms with E-state index in [2.05, 4.69) is 16.8 Å². The average molecular weight is 235 g/mol. The van der Waals surface area contributed by atoms with Gasteiger partial charge in [0.05, 0.1) is 7.11 Å². The van der Waals surface area contributed by atoms with Gasteiger partial charge in [-0.3, -0.25) is 0 Å². The highest BCUT2D eigenvalue weighted by Crippen LogP contribution is 2.24. The Balaban J connectivity index is 2.11. The van der Waals surface area contributed by atoms with Crippen LogP contribution in [0.5, 0.6) is 5.88 Å². The Kier molecular flexibility index (Phi) is 3.84. The quantitative estimate of drug-likeness (QED) is 0.865. The lowest BCUT2D eigenvalue weighted by molar-refractivity contribution is 0.345. The van der Waals surface area contributed by atoms with Gasteiger partial charge in [-0.05, 0) is 18.4 Å². The maximum atomic E-state index is 6.11. The zero-order valence-corrected chi connectivity index (χ0v) is 10.6. The molecule has 1 aliphatic heterocycles. The van der Waals surface area contributed by atoms with Gasteiger partial charge in [0.25, 0.3) is 0 Å². The molecule has 1 aromatic rings. The number of piperidine rings is 1. The van der Waals surface area contributed by atoms with Crippen molar-refractivity contribution in [1.82, 2.24) is 4.98 Å². The number of rotatable bonds is 3. The first-order valence-electron chi connectivity index (χ1n) is 6.26. The standard InChI is InChI=1S/C13H21N3O/c1-3-10-9-16(8-7-11(10)14)12-5-4-6-13(15-12)17-2/h4-6,10-11H,3,7-9,14H2,1-2H3. The summed E-state index contributed by atoms with van der Waals surface area (Å²) in [5, 5.41) is 0. The normalized spacial score (nSPS) is 24.8. The maximum absolute atomic E-state index is 6.11. The number of hydrogen-bond donors (Lipinski definition) is 1. The summed E-state index contributed by atoms with van der Waals surface area (Å²) in [5.74, 6) is 2.23. The lowest BCUT2D eigenvalue weighted by atomic mass is 9.91. The van der Waals surface area contributed by atoms with Crippen molar-refractivity contribution in [2.24, 2.45) is 11.7 Å². The van der Waals surface area contributed by atoms with Crippen molar-refractivity contribution in [3.63, 3.8) is 0 Å². The second kappa shape index (κ2) is 5.36. The molecule has 17 heavy (non-hydrogen) atoms. The van der Waals surface area contributed by atoms with Crippen molar-refractivity contribution in [2.45, 2.75) is 25.8 Å². The smallest absolute Gasteiger partial charge is 0.214 e. The number of hydrogen-bond acceptors (Lipinski definition) is 4. The van der Waals surface area contributed by atoms with Crippen molar-refractivity contribution in [3.05, 3.63) is 18.2 Å². The summed E-state index contributed by atoms with van der Waals surface area (Å²) in [7, 11) is 1.65. The Morgan fingerprint density at radius 1 is 1.53 bits per heavy atom. The molecule has 0 radical (unpaired) electrons. The van der Waals surface area contributed by atoms with Crippen LogP contribution >= 0.6 is 0 Å². The Bertz CT molecular complexity index is 369. The topological polar surface area (TPSA) is 51.4 Å². The van der Waals surface area contributed by atoms with E-state index in [9.17, 15) is 0 Å². The number of aromatic nitrogens is 1. The minimum atomic E-state index is 0.335. The number of nitrogens with zero attached hydrogens (tertiary/aromatic N) is 2. The first kappa shape index (κ1) is 12.2. The monoisotopic (exact) mass is 235 g/mol. The minimum Gasteiger partial charge on any atom is -0.481 e. The highest BCUT2D eigenvalue weighted by molar-refractivity contribution is 5.41. The molecular formula is C13H21N3O. The highest BCUT2D eigenvalue weighted by Gasteiger charge is 2.25. The van der Waals surface area contributed by atoms with Crippen LogP contribution in [0.1, 0.15) is 19.8 Å². The summed E-state index contributed by atoms with van der Waals surface area (Å²) in [5.41, 5.74) is 6.11. The van der Waals surface area contributed by atoms with Gasteiger partial charge in [0.1, 0.15) is 5.82 Å². The maximum Gasteiger partial charge on any atom is 0.214 e. The van der Waals surface area contributed by atoms with E-state index in [1.807, 2.05) is 18.2 Å². The highest BCUT2D eigenvalue weighted by atomic mass is 16.5. The third-order valence-corrected chi connectivity index (χ3v) is 3.56. The summed E-state index contributed by atoms with van der Waals surface area (Å²) < 4.78 is 5.16. The Labute approximate surface area is 103 Å². The summed E-state index contributed by atoms with van der Waals surface area (Å²) >= 11 is 0. The largest absolute Gasteiger partial charge is 0.481 e. The molecule has 2 heterocycles. The van der Waals surface area contributed by atoms with Gasteiger partial charge >= 0.3 is 0 Å². The van der Waals surface area contributed by atoms with Gasteiger partial charge in [-0.15, -0.1) is 0 Å². The Hall–Kier alpha value is -1.29. The molecular weight excluding hydrogens is 214 g/mol. The zero-order valence-electron chi connectivity index (χ0n) is 10.6. The fraction of sp³-hybridized carbons (Fsp3) is 0.615. The molecule has 2 atom stereocenters. The molecule has 94 valence electrons. The molecule has 0 aliphatic carbocycles. The second-order valence-corrected chi connectivity index (χ2v) is 4.61. The molecule has 2 unspecified atom stereocenters. The van der Waals surface area contributed by atoms with Gasteiger partial charge in [-0.25, -0.2) is 0 Å².